The summed E-state index contributed by atoms with van der Waals surface area (Å²) < 4.78 is 0. The summed E-state index contributed by atoms with van der Waals surface area (Å²) in [6.45, 7) is 12.0. The lowest BCUT2D eigenvalue weighted by molar-refractivity contribution is 0.792. The Morgan fingerprint density at radius 1 is 1.19 bits per heavy atom. The van der Waals surface area contributed by atoms with Crippen LogP contribution in [-0.2, 0) is 0 Å². The van der Waals surface area contributed by atoms with E-state index in [1.54, 1.807) is 6.92 Å². The van der Waals surface area contributed by atoms with E-state index < -0.39 is 0 Å². The molecular weight excluding hydrogens is 334 g/mol. The smallest absolute Gasteiger partial charge is 0.110 e. The van der Waals surface area contributed by atoms with Crippen LogP contribution >= 0.6 is 0 Å². The third-order valence-electron chi connectivity index (χ3n) is 4.34. The monoisotopic (exact) mass is 365 g/mol. The van der Waals surface area contributed by atoms with Crippen LogP contribution in [0.4, 0.5) is 11.4 Å². The van der Waals surface area contributed by atoms with Crippen molar-refractivity contribution in [1.29, 1.82) is 0 Å². The lowest BCUT2D eigenvalue weighted by Gasteiger charge is -2.11. The van der Waals surface area contributed by atoms with Crippen molar-refractivity contribution in [2.75, 3.05) is 10.6 Å². The summed E-state index contributed by atoms with van der Waals surface area (Å²) in [6, 6.07) is 8.20. The molecule has 2 rings (SSSR count). The van der Waals surface area contributed by atoms with Crippen LogP contribution in [0.5, 0.6) is 0 Å². The second-order valence-electron chi connectivity index (χ2n) is 6.85. The first-order chi connectivity index (χ1) is 12.9. The molecule has 0 fully saturated rings. The minimum Gasteiger partial charge on any atom is -0.387 e. The number of allylic oxidation sites excluding steroid dienone is 3. The Bertz CT molecular complexity index is 790. The second-order valence-corrected chi connectivity index (χ2v) is 6.85. The van der Waals surface area contributed by atoms with Gasteiger partial charge in [0.15, 0.2) is 0 Å². The van der Waals surface area contributed by atoms with E-state index >= 15 is 0 Å². The number of nitrogens with zero attached hydrogens (tertiary/aromatic N) is 2. The maximum absolute atomic E-state index is 5.66. The van der Waals surface area contributed by atoms with Crippen molar-refractivity contribution in [3.63, 3.8) is 0 Å². The van der Waals surface area contributed by atoms with Crippen LogP contribution in [0.25, 0.3) is 0 Å². The van der Waals surface area contributed by atoms with Crippen molar-refractivity contribution < 1.29 is 0 Å². The number of hydrogen-bond acceptors (Lipinski definition) is 4. The number of anilines is 2. The van der Waals surface area contributed by atoms with Crippen LogP contribution in [0, 0.1) is 0 Å². The molecule has 0 aliphatic carbocycles. The molecule has 0 unspecified atom stereocenters. The zero-order valence-electron chi connectivity index (χ0n) is 16.9. The molecule has 144 valence electrons. The van der Waals surface area contributed by atoms with Gasteiger partial charge in [-0.25, -0.2) is 9.98 Å². The van der Waals surface area contributed by atoms with E-state index in [4.69, 9.17) is 5.73 Å². The fourth-order valence-electron chi connectivity index (χ4n) is 2.74. The van der Waals surface area contributed by atoms with Crippen molar-refractivity contribution in [1.82, 2.24) is 0 Å². The lowest BCUT2D eigenvalue weighted by atomic mass is 10.2. The van der Waals surface area contributed by atoms with Crippen LogP contribution in [0.1, 0.15) is 53.4 Å². The van der Waals surface area contributed by atoms with Crippen LogP contribution in [-0.4, -0.2) is 11.7 Å². The van der Waals surface area contributed by atoms with Crippen molar-refractivity contribution >= 4 is 23.0 Å². The minimum atomic E-state index is 0.554. The molecule has 1 heterocycles. The first-order valence-electron chi connectivity index (χ1n) is 9.47. The predicted octanol–water partition coefficient (Wildman–Crippen LogP) is 5.57. The standard InChI is InChI=1S/C22H31N5/c1-6-7-8-15(2)24-19-9-11-20(12-10-19)26-22-14-13-21(27-22)16(3)17(4)25-18(5)23/h9-13,24H,2,6-8,14H2,1,3-5H3,(H2,23,25)(H,26,27)/b17-16+. The largest absolute Gasteiger partial charge is 0.387 e. The molecule has 0 radical (unpaired) electrons. The molecule has 1 aromatic carbocycles. The Morgan fingerprint density at radius 2 is 1.85 bits per heavy atom. The molecule has 5 nitrogen and oxygen atoms in total. The molecule has 0 atom stereocenters. The van der Waals surface area contributed by atoms with E-state index in [2.05, 4.69) is 52.3 Å². The maximum Gasteiger partial charge on any atom is 0.110 e. The van der Waals surface area contributed by atoms with E-state index in [1.807, 2.05) is 26.0 Å². The average Bonchev–Trinajstić information content (AvgIpc) is 3.08. The molecule has 0 saturated heterocycles. The third-order valence-corrected chi connectivity index (χ3v) is 4.34. The number of amidine groups is 2. The Morgan fingerprint density at radius 3 is 2.48 bits per heavy atom. The van der Waals surface area contributed by atoms with Gasteiger partial charge in [-0.2, -0.15) is 0 Å². The molecule has 0 saturated carbocycles. The summed E-state index contributed by atoms with van der Waals surface area (Å²) in [7, 11) is 0. The molecule has 4 N–H and O–H groups in total. The van der Waals surface area contributed by atoms with Crippen molar-refractivity contribution in [3.05, 3.63) is 59.6 Å². The van der Waals surface area contributed by atoms with Gasteiger partial charge < -0.3 is 16.4 Å². The van der Waals surface area contributed by atoms with E-state index in [0.29, 0.717) is 5.84 Å². The molecule has 0 amide bonds. The highest BCUT2D eigenvalue weighted by atomic mass is 15.0. The fourth-order valence-corrected chi connectivity index (χ4v) is 2.74. The van der Waals surface area contributed by atoms with Crippen molar-refractivity contribution in [3.8, 4) is 0 Å². The van der Waals surface area contributed by atoms with Gasteiger partial charge >= 0.3 is 0 Å². The average molecular weight is 366 g/mol. The van der Waals surface area contributed by atoms with E-state index in [1.165, 1.54) is 6.42 Å². The van der Waals surface area contributed by atoms with E-state index in [9.17, 15) is 0 Å². The van der Waals surface area contributed by atoms with Crippen LogP contribution in [0.15, 0.2) is 69.6 Å². The second kappa shape index (κ2) is 9.76. The zero-order valence-corrected chi connectivity index (χ0v) is 16.9. The highest BCUT2D eigenvalue weighted by molar-refractivity contribution is 5.99. The number of nitrogens with one attached hydrogen (secondary N) is 2. The Balaban J connectivity index is 1.97. The quantitative estimate of drug-likeness (QED) is 0.416. The van der Waals surface area contributed by atoms with Gasteiger partial charge in [-0.15, -0.1) is 0 Å². The van der Waals surface area contributed by atoms with Gasteiger partial charge in [0.2, 0.25) is 0 Å². The van der Waals surface area contributed by atoms with Crippen LogP contribution in [0.3, 0.4) is 0 Å². The minimum absolute atomic E-state index is 0.554. The molecule has 1 aliphatic rings. The van der Waals surface area contributed by atoms with E-state index in [0.717, 1.165) is 59.1 Å². The highest BCUT2D eigenvalue weighted by Gasteiger charge is 2.12. The van der Waals surface area contributed by atoms with Gasteiger partial charge in [0.1, 0.15) is 5.84 Å². The molecule has 0 aromatic heterocycles. The summed E-state index contributed by atoms with van der Waals surface area (Å²) in [6.07, 6.45) is 6.22. The molecule has 5 heteroatoms. The topological polar surface area (TPSA) is 74.8 Å². The van der Waals surface area contributed by atoms with E-state index in [-0.39, 0.29) is 0 Å². The summed E-state index contributed by atoms with van der Waals surface area (Å²) in [5, 5.41) is 6.74. The normalized spacial score (nSPS) is 15.0. The molecule has 0 bridgehead atoms. The molecule has 1 aliphatic heterocycles. The number of hydrogen-bond donors (Lipinski definition) is 3. The molecular formula is C22H31N5. The molecule has 27 heavy (non-hydrogen) atoms. The van der Waals surface area contributed by atoms with Crippen LogP contribution < -0.4 is 16.4 Å². The predicted molar refractivity (Wildman–Crippen MR) is 118 cm³/mol. The van der Waals surface area contributed by atoms with Gasteiger partial charge in [0.05, 0.1) is 11.5 Å². The molecule has 1 aromatic rings. The zero-order chi connectivity index (χ0) is 19.8. The number of benzene rings is 1. The maximum atomic E-state index is 5.66. The van der Waals surface area contributed by atoms with Gasteiger partial charge in [-0.3, -0.25) is 0 Å². The summed E-state index contributed by atoms with van der Waals surface area (Å²) in [5.74, 6) is 1.48. The van der Waals surface area contributed by atoms with Gasteiger partial charge in [-0.1, -0.05) is 26.0 Å². The molecule has 0 spiro atoms. The lowest BCUT2D eigenvalue weighted by Crippen LogP contribution is -2.08. The third kappa shape index (κ3) is 6.44. The Kier molecular flexibility index (Phi) is 7.41. The summed E-state index contributed by atoms with van der Waals surface area (Å²) >= 11 is 0. The SMILES string of the molecule is C=C(CCCC)Nc1ccc(NC2=NC(/C(C)=C(C)/N=C(\C)N)=CC2)cc1. The van der Waals surface area contributed by atoms with Crippen LogP contribution in [0.2, 0.25) is 0 Å². The summed E-state index contributed by atoms with van der Waals surface area (Å²) in [5.41, 5.74) is 11.7. The van der Waals surface area contributed by atoms with Gasteiger partial charge in [0.25, 0.3) is 0 Å². The van der Waals surface area contributed by atoms with Crippen molar-refractivity contribution in [2.24, 2.45) is 15.7 Å². The number of nitrogens with two attached hydrogens (primary N) is 1. The first-order valence-corrected chi connectivity index (χ1v) is 9.47. The highest BCUT2D eigenvalue weighted by Crippen LogP contribution is 2.23. The number of unbranched alkanes of at least 4 members (excludes halogenated alkanes) is 1. The Labute approximate surface area is 162 Å². The Hall–Kier alpha value is -2.82. The first kappa shape index (κ1) is 20.5. The number of aliphatic imine (C=N–C) groups is 2. The van der Waals surface area contributed by atoms with Crippen molar-refractivity contribution in [2.45, 2.75) is 53.4 Å². The number of rotatable bonds is 8. The summed E-state index contributed by atoms with van der Waals surface area (Å²) in [4.78, 5) is 9.00. The van der Waals surface area contributed by atoms with Gasteiger partial charge in [0, 0.05) is 29.2 Å². The fraction of sp³-hybridized carbons (Fsp3) is 0.364. The van der Waals surface area contributed by atoms with Gasteiger partial charge in [-0.05, 0) is 63.5 Å².